The van der Waals surface area contributed by atoms with E-state index in [0.717, 1.165) is 47.9 Å². The molecule has 0 saturated carbocycles. The molecular weight excluding hydrogens is 437 g/mol. The maximum atomic E-state index is 14.0. The van der Waals surface area contributed by atoms with Crippen molar-refractivity contribution in [3.63, 3.8) is 0 Å². The molecule has 2 aromatic carbocycles. The Hall–Kier alpha value is -2.61. The van der Waals surface area contributed by atoms with Crippen LogP contribution in [-0.2, 0) is 6.54 Å². The third-order valence-corrected chi connectivity index (χ3v) is 6.44. The SMILES string of the molecule is CN1CCN(c2ccc(F)cc2-c2ccc(OC(=O)NCc3ccc(Cl)cc3)s2)CC1. The van der Waals surface area contributed by atoms with Crippen LogP contribution in [0.1, 0.15) is 5.56 Å². The Bertz CT molecular complexity index is 1050. The van der Waals surface area contributed by atoms with Crippen molar-refractivity contribution in [1.29, 1.82) is 0 Å². The van der Waals surface area contributed by atoms with Gasteiger partial charge in [-0.1, -0.05) is 35.1 Å². The number of carbonyl (C=O) groups excluding carboxylic acids is 1. The van der Waals surface area contributed by atoms with Crippen molar-refractivity contribution in [3.8, 4) is 15.5 Å². The number of benzene rings is 2. The van der Waals surface area contributed by atoms with Gasteiger partial charge in [-0.2, -0.15) is 0 Å². The van der Waals surface area contributed by atoms with Gasteiger partial charge in [0.1, 0.15) is 5.82 Å². The zero-order chi connectivity index (χ0) is 21.8. The highest BCUT2D eigenvalue weighted by Crippen LogP contribution is 2.39. The summed E-state index contributed by atoms with van der Waals surface area (Å²) in [6, 6.07) is 15.7. The molecule has 1 N–H and O–H groups in total. The van der Waals surface area contributed by atoms with E-state index in [1.54, 1.807) is 24.3 Å². The first-order valence-electron chi connectivity index (χ1n) is 10.0. The molecule has 0 unspecified atom stereocenters. The second-order valence-electron chi connectivity index (χ2n) is 7.44. The number of hydrogen-bond donors (Lipinski definition) is 1. The monoisotopic (exact) mass is 459 g/mol. The van der Waals surface area contributed by atoms with Gasteiger partial charge >= 0.3 is 6.09 Å². The number of nitrogens with zero attached hydrogens (tertiary/aromatic N) is 2. The maximum Gasteiger partial charge on any atom is 0.413 e. The topological polar surface area (TPSA) is 44.8 Å². The van der Waals surface area contributed by atoms with Gasteiger partial charge in [0.25, 0.3) is 0 Å². The molecule has 2 heterocycles. The van der Waals surface area contributed by atoms with Crippen molar-refractivity contribution in [3.05, 3.63) is 71.0 Å². The standard InChI is InChI=1S/C23H23ClFN3O2S/c1-27-10-12-28(13-11-27)20-7-6-18(25)14-19(20)21-8-9-22(31-21)30-23(29)26-15-16-2-4-17(24)5-3-16/h2-9,14H,10-13,15H2,1H3,(H,26,29). The smallest absolute Gasteiger partial charge is 0.399 e. The zero-order valence-corrected chi connectivity index (χ0v) is 18.7. The van der Waals surface area contributed by atoms with Crippen LogP contribution in [0.5, 0.6) is 5.06 Å². The minimum Gasteiger partial charge on any atom is -0.399 e. The Labute approximate surface area is 190 Å². The number of piperazine rings is 1. The lowest BCUT2D eigenvalue weighted by Crippen LogP contribution is -2.44. The summed E-state index contributed by atoms with van der Waals surface area (Å²) in [5.74, 6) is -0.288. The van der Waals surface area contributed by atoms with Crippen molar-refractivity contribution in [1.82, 2.24) is 10.2 Å². The Morgan fingerprint density at radius 3 is 2.58 bits per heavy atom. The molecule has 0 radical (unpaired) electrons. The predicted molar refractivity (Wildman–Crippen MR) is 124 cm³/mol. The number of rotatable bonds is 5. The van der Waals surface area contributed by atoms with Crippen molar-refractivity contribution in [2.45, 2.75) is 6.54 Å². The van der Waals surface area contributed by atoms with Gasteiger partial charge in [-0.3, -0.25) is 0 Å². The fourth-order valence-corrected chi connectivity index (χ4v) is 4.46. The van der Waals surface area contributed by atoms with E-state index in [2.05, 4.69) is 22.2 Å². The average Bonchev–Trinajstić information content (AvgIpc) is 3.22. The average molecular weight is 460 g/mol. The molecule has 4 rings (SSSR count). The first kappa shape index (κ1) is 21.6. The molecule has 0 bridgehead atoms. The van der Waals surface area contributed by atoms with E-state index in [9.17, 15) is 9.18 Å². The van der Waals surface area contributed by atoms with Crippen LogP contribution >= 0.6 is 22.9 Å². The lowest BCUT2D eigenvalue weighted by Gasteiger charge is -2.35. The summed E-state index contributed by atoms with van der Waals surface area (Å²) in [5, 5.41) is 3.82. The maximum absolute atomic E-state index is 14.0. The number of carbonyl (C=O) groups is 1. The highest BCUT2D eigenvalue weighted by molar-refractivity contribution is 7.17. The Balaban J connectivity index is 1.44. The Morgan fingerprint density at radius 2 is 1.84 bits per heavy atom. The number of thiophene rings is 1. The molecule has 31 heavy (non-hydrogen) atoms. The van der Waals surface area contributed by atoms with E-state index >= 15 is 0 Å². The molecule has 5 nitrogen and oxygen atoms in total. The molecule has 1 saturated heterocycles. The molecule has 1 fully saturated rings. The van der Waals surface area contributed by atoms with Crippen molar-refractivity contribution in [2.75, 3.05) is 38.1 Å². The number of nitrogens with one attached hydrogen (secondary N) is 1. The summed E-state index contributed by atoms with van der Waals surface area (Å²) < 4.78 is 19.5. The van der Waals surface area contributed by atoms with Crippen LogP contribution in [0.4, 0.5) is 14.9 Å². The summed E-state index contributed by atoms with van der Waals surface area (Å²) in [7, 11) is 2.10. The lowest BCUT2D eigenvalue weighted by molar-refractivity contribution is 0.201. The van der Waals surface area contributed by atoms with E-state index in [1.165, 1.54) is 17.4 Å². The van der Waals surface area contributed by atoms with Crippen LogP contribution in [0.25, 0.3) is 10.4 Å². The van der Waals surface area contributed by atoms with Crippen LogP contribution in [0, 0.1) is 5.82 Å². The van der Waals surface area contributed by atoms with Crippen LogP contribution < -0.4 is 15.0 Å². The molecule has 1 aliphatic heterocycles. The third-order valence-electron chi connectivity index (χ3n) is 5.19. The van der Waals surface area contributed by atoms with Gasteiger partial charge in [-0.05, 0) is 55.1 Å². The van der Waals surface area contributed by atoms with Crippen LogP contribution in [0.15, 0.2) is 54.6 Å². The Morgan fingerprint density at radius 1 is 1.10 bits per heavy atom. The van der Waals surface area contributed by atoms with E-state index in [-0.39, 0.29) is 5.82 Å². The van der Waals surface area contributed by atoms with Gasteiger partial charge in [0.05, 0.1) is 0 Å². The largest absolute Gasteiger partial charge is 0.413 e. The van der Waals surface area contributed by atoms with E-state index in [0.29, 0.717) is 16.6 Å². The summed E-state index contributed by atoms with van der Waals surface area (Å²) in [5.41, 5.74) is 2.73. The van der Waals surface area contributed by atoms with Crippen molar-refractivity contribution >= 4 is 34.7 Å². The van der Waals surface area contributed by atoms with Gasteiger partial charge in [-0.25, -0.2) is 9.18 Å². The van der Waals surface area contributed by atoms with Crippen LogP contribution in [0.2, 0.25) is 5.02 Å². The first-order chi connectivity index (χ1) is 15.0. The fraction of sp³-hybridized carbons (Fsp3) is 0.261. The van der Waals surface area contributed by atoms with E-state index in [1.807, 2.05) is 24.3 Å². The van der Waals surface area contributed by atoms with Crippen molar-refractivity contribution in [2.24, 2.45) is 0 Å². The van der Waals surface area contributed by atoms with Gasteiger partial charge in [-0.15, -0.1) is 0 Å². The minimum atomic E-state index is -0.540. The fourth-order valence-electron chi connectivity index (χ4n) is 3.45. The summed E-state index contributed by atoms with van der Waals surface area (Å²) >= 11 is 7.19. The zero-order valence-electron chi connectivity index (χ0n) is 17.1. The molecule has 3 aromatic rings. The predicted octanol–water partition coefficient (Wildman–Crippen LogP) is 5.25. The van der Waals surface area contributed by atoms with Crippen LogP contribution in [0.3, 0.4) is 0 Å². The number of halogens is 2. The third kappa shape index (κ3) is 5.55. The second kappa shape index (κ2) is 9.68. The van der Waals surface area contributed by atoms with Gasteiger partial charge in [0.15, 0.2) is 5.06 Å². The number of hydrogen-bond acceptors (Lipinski definition) is 5. The molecule has 0 aliphatic carbocycles. The molecular formula is C23H23ClFN3O2S. The van der Waals surface area contributed by atoms with Gasteiger partial charge in [0, 0.05) is 53.9 Å². The molecule has 162 valence electrons. The molecule has 8 heteroatoms. The number of amides is 1. The lowest BCUT2D eigenvalue weighted by atomic mass is 10.1. The minimum absolute atomic E-state index is 0.288. The van der Waals surface area contributed by atoms with Gasteiger partial charge < -0.3 is 19.9 Å². The number of anilines is 1. The number of likely N-dealkylation sites (N-methyl/N-ethyl adjacent to an activating group) is 1. The molecule has 0 spiro atoms. The highest BCUT2D eigenvalue weighted by atomic mass is 35.5. The van der Waals surface area contributed by atoms with Crippen molar-refractivity contribution < 1.29 is 13.9 Å². The summed E-state index contributed by atoms with van der Waals surface area (Å²) in [6.45, 7) is 4.03. The van der Waals surface area contributed by atoms with Gasteiger partial charge in [0.2, 0.25) is 0 Å². The highest BCUT2D eigenvalue weighted by Gasteiger charge is 2.19. The van der Waals surface area contributed by atoms with E-state index in [4.69, 9.17) is 16.3 Å². The summed E-state index contributed by atoms with van der Waals surface area (Å²) in [6.07, 6.45) is -0.540. The molecule has 1 aromatic heterocycles. The summed E-state index contributed by atoms with van der Waals surface area (Å²) in [4.78, 5) is 17.6. The Kier molecular flexibility index (Phi) is 6.75. The normalized spacial score (nSPS) is 14.5. The molecule has 1 amide bonds. The first-order valence-corrected chi connectivity index (χ1v) is 11.2. The van der Waals surface area contributed by atoms with Crippen LogP contribution in [-0.4, -0.2) is 44.2 Å². The quantitative estimate of drug-likeness (QED) is 0.566. The molecule has 0 atom stereocenters. The second-order valence-corrected chi connectivity index (χ2v) is 8.92. The van der Waals surface area contributed by atoms with E-state index < -0.39 is 6.09 Å². The molecule has 1 aliphatic rings. The number of ether oxygens (including phenoxy) is 1.